The fourth-order valence-corrected chi connectivity index (χ4v) is 1.97. The topological polar surface area (TPSA) is 41.1 Å². The van der Waals surface area contributed by atoms with E-state index in [1.54, 1.807) is 18.2 Å². The highest BCUT2D eigenvalue weighted by atomic mass is 35.5. The number of nitrogens with one attached hydrogen (secondary N) is 2. The minimum absolute atomic E-state index is 0.354. The summed E-state index contributed by atoms with van der Waals surface area (Å²) in [5.74, 6) is 0. The lowest BCUT2D eigenvalue weighted by Crippen LogP contribution is -2.19. The number of amides is 2. The number of anilines is 2. The molecule has 2 rings (SSSR count). The molecule has 2 N–H and O–H groups in total. The summed E-state index contributed by atoms with van der Waals surface area (Å²) >= 11 is 11.8. The average Bonchev–Trinajstić information content (AvgIpc) is 2.36. The standard InChI is InChI=1S/C14H12Cl2N2O/c1-9-2-5-11(6-3-9)17-14(19)18-13-7-4-10(15)8-12(13)16/h2-8H,1H3,(H2,17,18,19). The normalized spacial score (nSPS) is 10.1. The van der Waals surface area contributed by atoms with Gasteiger partial charge in [-0.15, -0.1) is 0 Å². The van der Waals surface area contributed by atoms with Crippen molar-refractivity contribution >= 4 is 40.6 Å². The molecule has 0 heterocycles. The van der Waals surface area contributed by atoms with Crippen molar-refractivity contribution in [3.05, 3.63) is 58.1 Å². The molecule has 2 aromatic rings. The highest BCUT2D eigenvalue weighted by Gasteiger charge is 2.06. The van der Waals surface area contributed by atoms with Crippen molar-refractivity contribution in [3.63, 3.8) is 0 Å². The molecule has 0 saturated heterocycles. The first-order valence-corrected chi connectivity index (χ1v) is 6.40. The van der Waals surface area contributed by atoms with Crippen molar-refractivity contribution in [1.82, 2.24) is 0 Å². The first-order valence-electron chi connectivity index (χ1n) is 5.64. The van der Waals surface area contributed by atoms with Crippen LogP contribution in [-0.2, 0) is 0 Å². The van der Waals surface area contributed by atoms with Gasteiger partial charge in [-0.2, -0.15) is 0 Å². The van der Waals surface area contributed by atoms with Crippen LogP contribution < -0.4 is 10.6 Å². The maximum atomic E-state index is 11.8. The molecule has 2 amide bonds. The fraction of sp³-hybridized carbons (Fsp3) is 0.0714. The largest absolute Gasteiger partial charge is 0.323 e. The highest BCUT2D eigenvalue weighted by molar-refractivity contribution is 6.36. The fourth-order valence-electron chi connectivity index (χ4n) is 1.51. The maximum absolute atomic E-state index is 11.8. The number of hydrogen-bond acceptors (Lipinski definition) is 1. The van der Waals surface area contributed by atoms with Gasteiger partial charge in [0.2, 0.25) is 0 Å². The molecule has 0 bridgehead atoms. The smallest absolute Gasteiger partial charge is 0.308 e. The number of halogens is 2. The van der Waals surface area contributed by atoms with Gasteiger partial charge in [-0.1, -0.05) is 40.9 Å². The number of benzene rings is 2. The molecule has 0 fully saturated rings. The molecule has 5 heteroatoms. The SMILES string of the molecule is Cc1ccc(NC(=O)Nc2ccc(Cl)cc2Cl)cc1. The number of rotatable bonds is 2. The molecule has 3 nitrogen and oxygen atoms in total. The molecule has 2 aromatic carbocycles. The van der Waals surface area contributed by atoms with E-state index in [4.69, 9.17) is 23.2 Å². The van der Waals surface area contributed by atoms with Gasteiger partial charge in [0.25, 0.3) is 0 Å². The summed E-state index contributed by atoms with van der Waals surface area (Å²) in [4.78, 5) is 11.8. The molecule has 0 aromatic heterocycles. The van der Waals surface area contributed by atoms with Crippen LogP contribution in [0.5, 0.6) is 0 Å². The van der Waals surface area contributed by atoms with Crippen LogP contribution in [0, 0.1) is 6.92 Å². The molecular formula is C14H12Cl2N2O. The van der Waals surface area contributed by atoms with E-state index >= 15 is 0 Å². The second kappa shape index (κ2) is 5.95. The van der Waals surface area contributed by atoms with Gasteiger partial charge in [-0.25, -0.2) is 4.79 Å². The molecule has 0 unspecified atom stereocenters. The Labute approximate surface area is 121 Å². The number of aryl methyl sites for hydroxylation is 1. The van der Waals surface area contributed by atoms with Crippen LogP contribution in [0.3, 0.4) is 0 Å². The van der Waals surface area contributed by atoms with E-state index in [0.717, 1.165) is 5.56 Å². The van der Waals surface area contributed by atoms with Gasteiger partial charge in [0.15, 0.2) is 0 Å². The minimum Gasteiger partial charge on any atom is -0.308 e. The predicted molar refractivity (Wildman–Crippen MR) is 80.3 cm³/mol. The van der Waals surface area contributed by atoms with Gasteiger partial charge >= 0.3 is 6.03 Å². The molecule has 98 valence electrons. The average molecular weight is 295 g/mol. The Balaban J connectivity index is 2.03. The van der Waals surface area contributed by atoms with Crippen LogP contribution in [0.25, 0.3) is 0 Å². The third-order valence-electron chi connectivity index (χ3n) is 2.49. The Kier molecular flexibility index (Phi) is 4.30. The number of carbonyl (C=O) groups is 1. The van der Waals surface area contributed by atoms with Crippen molar-refractivity contribution in [2.45, 2.75) is 6.92 Å². The van der Waals surface area contributed by atoms with Crippen LogP contribution in [0.15, 0.2) is 42.5 Å². The molecule has 0 aliphatic carbocycles. The second-order valence-electron chi connectivity index (χ2n) is 4.07. The predicted octanol–water partition coefficient (Wildman–Crippen LogP) is 4.95. The molecule has 0 saturated carbocycles. The maximum Gasteiger partial charge on any atom is 0.323 e. The van der Waals surface area contributed by atoms with Crippen LogP contribution in [0.4, 0.5) is 16.2 Å². The van der Waals surface area contributed by atoms with Gasteiger partial charge in [-0.05, 0) is 37.3 Å². The lowest BCUT2D eigenvalue weighted by molar-refractivity contribution is 0.262. The Morgan fingerprint density at radius 2 is 1.68 bits per heavy atom. The van der Waals surface area contributed by atoms with Gasteiger partial charge in [0, 0.05) is 10.7 Å². The minimum atomic E-state index is -0.354. The van der Waals surface area contributed by atoms with Crippen molar-refractivity contribution in [2.75, 3.05) is 10.6 Å². The summed E-state index contributed by atoms with van der Waals surface area (Å²) in [6.07, 6.45) is 0. The number of hydrogen-bond donors (Lipinski definition) is 2. The van der Waals surface area contributed by atoms with Crippen molar-refractivity contribution in [3.8, 4) is 0 Å². The van der Waals surface area contributed by atoms with E-state index in [9.17, 15) is 4.79 Å². The highest BCUT2D eigenvalue weighted by Crippen LogP contribution is 2.25. The number of carbonyl (C=O) groups excluding carboxylic acids is 1. The zero-order valence-corrected chi connectivity index (χ0v) is 11.7. The van der Waals surface area contributed by atoms with E-state index in [0.29, 0.717) is 21.4 Å². The van der Waals surface area contributed by atoms with E-state index in [1.807, 2.05) is 31.2 Å². The summed E-state index contributed by atoms with van der Waals surface area (Å²) < 4.78 is 0. The first-order chi connectivity index (χ1) is 9.04. The molecular weight excluding hydrogens is 283 g/mol. The summed E-state index contributed by atoms with van der Waals surface area (Å²) in [5.41, 5.74) is 2.36. The molecule has 19 heavy (non-hydrogen) atoms. The molecule has 0 atom stereocenters. The molecule has 0 aliphatic heterocycles. The Bertz CT molecular complexity index is 597. The lowest BCUT2D eigenvalue weighted by atomic mass is 10.2. The third kappa shape index (κ3) is 3.88. The van der Waals surface area contributed by atoms with E-state index in [-0.39, 0.29) is 6.03 Å². The van der Waals surface area contributed by atoms with E-state index < -0.39 is 0 Å². The first kappa shape index (κ1) is 13.7. The van der Waals surface area contributed by atoms with Crippen LogP contribution in [0.1, 0.15) is 5.56 Å². The lowest BCUT2D eigenvalue weighted by Gasteiger charge is -2.09. The van der Waals surface area contributed by atoms with Gasteiger partial charge in [0.05, 0.1) is 10.7 Å². The van der Waals surface area contributed by atoms with Crippen LogP contribution in [0.2, 0.25) is 10.0 Å². The summed E-state index contributed by atoms with van der Waals surface area (Å²) in [7, 11) is 0. The van der Waals surface area contributed by atoms with E-state index in [2.05, 4.69) is 10.6 Å². The molecule has 0 spiro atoms. The zero-order chi connectivity index (χ0) is 13.8. The van der Waals surface area contributed by atoms with Gasteiger partial charge < -0.3 is 10.6 Å². The summed E-state index contributed by atoms with van der Waals surface area (Å²) in [6, 6.07) is 12.0. The molecule has 0 aliphatic rings. The third-order valence-corrected chi connectivity index (χ3v) is 3.04. The van der Waals surface area contributed by atoms with Gasteiger partial charge in [-0.3, -0.25) is 0 Å². The van der Waals surface area contributed by atoms with E-state index in [1.165, 1.54) is 0 Å². The van der Waals surface area contributed by atoms with Crippen LogP contribution in [-0.4, -0.2) is 6.03 Å². The van der Waals surface area contributed by atoms with Crippen molar-refractivity contribution in [1.29, 1.82) is 0 Å². The van der Waals surface area contributed by atoms with Crippen LogP contribution >= 0.6 is 23.2 Å². The Morgan fingerprint density at radius 3 is 2.32 bits per heavy atom. The second-order valence-corrected chi connectivity index (χ2v) is 4.91. The van der Waals surface area contributed by atoms with Gasteiger partial charge in [0.1, 0.15) is 0 Å². The Morgan fingerprint density at radius 1 is 1.00 bits per heavy atom. The zero-order valence-electron chi connectivity index (χ0n) is 10.2. The van der Waals surface area contributed by atoms with Crippen molar-refractivity contribution < 1.29 is 4.79 Å². The molecule has 0 radical (unpaired) electrons. The monoisotopic (exact) mass is 294 g/mol. The number of urea groups is 1. The summed E-state index contributed by atoms with van der Waals surface area (Å²) in [5, 5.41) is 6.30. The summed E-state index contributed by atoms with van der Waals surface area (Å²) in [6.45, 7) is 1.98. The quantitative estimate of drug-likeness (QED) is 0.809. The Hall–Kier alpha value is -1.71. The van der Waals surface area contributed by atoms with Crippen molar-refractivity contribution in [2.24, 2.45) is 0 Å².